The van der Waals surface area contributed by atoms with Crippen LogP contribution < -0.4 is 4.72 Å². The van der Waals surface area contributed by atoms with Crippen molar-refractivity contribution in [2.75, 3.05) is 7.05 Å². The molecule has 0 amide bonds. The fourth-order valence-corrected chi connectivity index (χ4v) is 2.18. The molecule has 1 aromatic carbocycles. The molecule has 0 fully saturated rings. The zero-order chi connectivity index (χ0) is 13.3. The van der Waals surface area contributed by atoms with Gasteiger partial charge in [-0.15, -0.1) is 0 Å². The number of H-pyrrole nitrogens is 1. The van der Waals surface area contributed by atoms with Gasteiger partial charge in [0.05, 0.1) is 10.5 Å². The smallest absolute Gasteiger partial charge is 0.240 e. The Hall–Kier alpha value is -1.80. The molecule has 0 saturated carbocycles. The molecule has 2 rings (SSSR count). The van der Waals surface area contributed by atoms with E-state index in [1.165, 1.54) is 19.2 Å². The van der Waals surface area contributed by atoms with E-state index in [1.807, 2.05) is 0 Å². The lowest BCUT2D eigenvalue weighted by atomic mass is 10.2. The van der Waals surface area contributed by atoms with Crippen molar-refractivity contribution in [3.63, 3.8) is 0 Å². The molecule has 1 heterocycles. The Morgan fingerprint density at radius 2 is 2.11 bits per heavy atom. The lowest BCUT2D eigenvalue weighted by Gasteiger charge is -2.04. The first-order valence-corrected chi connectivity index (χ1v) is 6.55. The van der Waals surface area contributed by atoms with Crippen LogP contribution in [-0.2, 0) is 10.0 Å². The third-order valence-electron chi connectivity index (χ3n) is 2.35. The van der Waals surface area contributed by atoms with Crippen LogP contribution in [-0.4, -0.2) is 30.6 Å². The van der Waals surface area contributed by atoms with Crippen LogP contribution in [0.25, 0.3) is 11.4 Å². The average molecular weight is 270 g/mol. The molecule has 2 aromatic rings. The van der Waals surface area contributed by atoms with Gasteiger partial charge in [-0.05, 0) is 32.2 Å². The van der Waals surface area contributed by atoms with Gasteiger partial charge >= 0.3 is 0 Å². The van der Waals surface area contributed by atoms with E-state index in [9.17, 15) is 12.8 Å². The maximum Gasteiger partial charge on any atom is 0.240 e. The molecule has 96 valence electrons. The van der Waals surface area contributed by atoms with Crippen LogP contribution >= 0.6 is 0 Å². The molecule has 0 aliphatic rings. The predicted molar refractivity (Wildman–Crippen MR) is 62.8 cm³/mol. The van der Waals surface area contributed by atoms with Crippen molar-refractivity contribution in [2.45, 2.75) is 11.8 Å². The van der Waals surface area contributed by atoms with Crippen LogP contribution in [0.5, 0.6) is 0 Å². The summed E-state index contributed by atoms with van der Waals surface area (Å²) in [5.41, 5.74) is 0.0377. The van der Waals surface area contributed by atoms with Crippen molar-refractivity contribution in [3.8, 4) is 11.4 Å². The molecule has 0 aliphatic carbocycles. The Labute approximate surface area is 103 Å². The molecular formula is C10H11FN4O2S. The van der Waals surface area contributed by atoms with Crippen LogP contribution in [0.2, 0.25) is 0 Å². The minimum Gasteiger partial charge on any atom is -0.263 e. The third kappa shape index (κ3) is 2.24. The van der Waals surface area contributed by atoms with Gasteiger partial charge in [-0.2, -0.15) is 5.10 Å². The van der Waals surface area contributed by atoms with Gasteiger partial charge < -0.3 is 0 Å². The SMILES string of the molecule is CNS(=O)(=O)c1ccc(F)c(-c2n[nH]c(C)n2)c1. The highest BCUT2D eigenvalue weighted by molar-refractivity contribution is 7.89. The van der Waals surface area contributed by atoms with Gasteiger partial charge in [-0.1, -0.05) is 0 Å². The number of hydrogen-bond acceptors (Lipinski definition) is 4. The summed E-state index contributed by atoms with van der Waals surface area (Å²) in [6, 6.07) is 3.46. The number of halogens is 1. The van der Waals surface area contributed by atoms with E-state index in [0.717, 1.165) is 6.07 Å². The Bertz CT molecular complexity index is 681. The van der Waals surface area contributed by atoms with E-state index >= 15 is 0 Å². The minimum absolute atomic E-state index is 0.0377. The number of rotatable bonds is 3. The fourth-order valence-electron chi connectivity index (χ4n) is 1.42. The topological polar surface area (TPSA) is 87.7 Å². The normalized spacial score (nSPS) is 11.7. The first-order valence-electron chi connectivity index (χ1n) is 5.06. The maximum atomic E-state index is 13.6. The molecule has 0 atom stereocenters. The summed E-state index contributed by atoms with van der Waals surface area (Å²) in [6.07, 6.45) is 0. The number of nitrogens with one attached hydrogen (secondary N) is 2. The first kappa shape index (κ1) is 12.7. The largest absolute Gasteiger partial charge is 0.263 e. The van der Waals surface area contributed by atoms with Crippen LogP contribution in [0.4, 0.5) is 4.39 Å². The molecule has 0 radical (unpaired) electrons. The lowest BCUT2D eigenvalue weighted by molar-refractivity contribution is 0.587. The second-order valence-electron chi connectivity index (χ2n) is 3.59. The third-order valence-corrected chi connectivity index (χ3v) is 3.77. The summed E-state index contributed by atoms with van der Waals surface area (Å²) in [4.78, 5) is 3.93. The number of aryl methyl sites for hydroxylation is 1. The van der Waals surface area contributed by atoms with Gasteiger partial charge in [0.15, 0.2) is 5.82 Å². The van der Waals surface area contributed by atoms with E-state index in [0.29, 0.717) is 5.82 Å². The molecule has 6 nitrogen and oxygen atoms in total. The Kier molecular flexibility index (Phi) is 3.14. The van der Waals surface area contributed by atoms with Gasteiger partial charge in [0.1, 0.15) is 11.6 Å². The molecule has 2 N–H and O–H groups in total. The number of benzene rings is 1. The summed E-state index contributed by atoms with van der Waals surface area (Å²) in [5.74, 6) is 0.0634. The Morgan fingerprint density at radius 1 is 1.39 bits per heavy atom. The highest BCUT2D eigenvalue weighted by Gasteiger charge is 2.17. The van der Waals surface area contributed by atoms with Gasteiger partial charge in [0.2, 0.25) is 10.0 Å². The Balaban J connectivity index is 2.59. The summed E-state index contributed by atoms with van der Waals surface area (Å²) in [5, 5.41) is 6.38. The highest BCUT2D eigenvalue weighted by atomic mass is 32.2. The van der Waals surface area contributed by atoms with E-state index in [1.54, 1.807) is 6.92 Å². The quantitative estimate of drug-likeness (QED) is 0.864. The highest BCUT2D eigenvalue weighted by Crippen LogP contribution is 2.22. The lowest BCUT2D eigenvalue weighted by Crippen LogP contribution is -2.18. The van der Waals surface area contributed by atoms with Crippen molar-refractivity contribution >= 4 is 10.0 Å². The Morgan fingerprint density at radius 3 is 2.67 bits per heavy atom. The molecule has 0 unspecified atom stereocenters. The maximum absolute atomic E-state index is 13.6. The fraction of sp³-hybridized carbons (Fsp3) is 0.200. The van der Waals surface area contributed by atoms with Crippen molar-refractivity contribution in [1.82, 2.24) is 19.9 Å². The van der Waals surface area contributed by atoms with Crippen molar-refractivity contribution in [3.05, 3.63) is 29.8 Å². The molecule has 0 saturated heterocycles. The van der Waals surface area contributed by atoms with E-state index < -0.39 is 15.8 Å². The zero-order valence-corrected chi connectivity index (χ0v) is 10.5. The molecule has 8 heteroatoms. The minimum atomic E-state index is -3.62. The number of hydrogen-bond donors (Lipinski definition) is 2. The predicted octanol–water partition coefficient (Wildman–Crippen LogP) is 0.827. The van der Waals surface area contributed by atoms with Crippen molar-refractivity contribution < 1.29 is 12.8 Å². The summed E-state index contributed by atoms with van der Waals surface area (Å²) in [6.45, 7) is 1.67. The van der Waals surface area contributed by atoms with Crippen LogP contribution in [0, 0.1) is 12.7 Å². The van der Waals surface area contributed by atoms with Crippen LogP contribution in [0.3, 0.4) is 0 Å². The average Bonchev–Trinajstić information content (AvgIpc) is 2.76. The number of sulfonamides is 1. The second kappa shape index (κ2) is 4.46. The van der Waals surface area contributed by atoms with E-state index in [2.05, 4.69) is 19.9 Å². The number of aromatic nitrogens is 3. The standard InChI is InChI=1S/C10H11FN4O2S/c1-6-13-10(15-14-6)8-5-7(3-4-9(8)11)18(16,17)12-2/h3-5,12H,1-2H3,(H,13,14,15). The van der Waals surface area contributed by atoms with Gasteiger partial charge in [0, 0.05) is 0 Å². The number of aromatic amines is 1. The summed E-state index contributed by atoms with van der Waals surface area (Å²) < 4.78 is 39.0. The first-order chi connectivity index (χ1) is 8.44. The van der Waals surface area contributed by atoms with Gasteiger partial charge in [-0.25, -0.2) is 22.5 Å². The van der Waals surface area contributed by atoms with Crippen molar-refractivity contribution in [2.24, 2.45) is 0 Å². The molecule has 0 aliphatic heterocycles. The van der Waals surface area contributed by atoms with Crippen LogP contribution in [0.15, 0.2) is 23.1 Å². The molecule has 1 aromatic heterocycles. The van der Waals surface area contributed by atoms with Crippen molar-refractivity contribution in [1.29, 1.82) is 0 Å². The second-order valence-corrected chi connectivity index (χ2v) is 5.48. The molecular weight excluding hydrogens is 259 g/mol. The summed E-state index contributed by atoms with van der Waals surface area (Å²) >= 11 is 0. The zero-order valence-electron chi connectivity index (χ0n) is 9.73. The summed E-state index contributed by atoms with van der Waals surface area (Å²) in [7, 11) is -2.33. The van der Waals surface area contributed by atoms with E-state index in [-0.39, 0.29) is 16.3 Å². The van der Waals surface area contributed by atoms with Gasteiger partial charge in [-0.3, -0.25) is 5.10 Å². The molecule has 0 bridgehead atoms. The molecule has 18 heavy (non-hydrogen) atoms. The van der Waals surface area contributed by atoms with Gasteiger partial charge in [0.25, 0.3) is 0 Å². The molecule has 0 spiro atoms. The van der Waals surface area contributed by atoms with Crippen LogP contribution in [0.1, 0.15) is 5.82 Å². The number of nitrogens with zero attached hydrogens (tertiary/aromatic N) is 2. The van der Waals surface area contributed by atoms with E-state index in [4.69, 9.17) is 0 Å². The monoisotopic (exact) mass is 270 g/mol.